The van der Waals surface area contributed by atoms with E-state index in [1.165, 1.54) is 24.8 Å². The van der Waals surface area contributed by atoms with Crippen LogP contribution in [-0.4, -0.2) is 17.8 Å². The minimum Gasteiger partial charge on any atom is -0.396 e. The molecule has 0 aliphatic rings. The molecule has 1 aromatic carbocycles. The van der Waals surface area contributed by atoms with Gasteiger partial charge >= 0.3 is 0 Å². The molecule has 0 bridgehead atoms. The lowest BCUT2D eigenvalue weighted by Gasteiger charge is -2.16. The topological polar surface area (TPSA) is 46.2 Å². The summed E-state index contributed by atoms with van der Waals surface area (Å²) in [6.45, 7) is 14.8. The summed E-state index contributed by atoms with van der Waals surface area (Å²) in [5.74, 6) is 0.683. The van der Waals surface area contributed by atoms with Gasteiger partial charge in [0, 0.05) is 12.6 Å². The molecule has 0 saturated heterocycles. The van der Waals surface area contributed by atoms with Crippen molar-refractivity contribution in [1.82, 2.24) is 0 Å². The molecule has 2 nitrogen and oxygen atoms in total. The van der Waals surface area contributed by atoms with Crippen molar-refractivity contribution < 1.29 is 5.11 Å². The molecule has 27 heavy (non-hydrogen) atoms. The minimum atomic E-state index is 0.244. The third-order valence-corrected chi connectivity index (χ3v) is 3.47. The molecule has 2 atom stereocenters. The van der Waals surface area contributed by atoms with Crippen LogP contribution in [0.25, 0.3) is 0 Å². The van der Waals surface area contributed by atoms with Gasteiger partial charge in [-0.2, -0.15) is 0 Å². The van der Waals surface area contributed by atoms with Gasteiger partial charge in [0.05, 0.1) is 0 Å². The number of benzene rings is 1. The number of aliphatic hydroxyl groups is 1. The molecule has 0 aliphatic carbocycles. The van der Waals surface area contributed by atoms with Gasteiger partial charge in [0.2, 0.25) is 0 Å². The summed E-state index contributed by atoms with van der Waals surface area (Å²) in [5, 5.41) is 8.29. The van der Waals surface area contributed by atoms with Crippen LogP contribution in [0.4, 0.5) is 0 Å². The molecule has 0 amide bonds. The van der Waals surface area contributed by atoms with Crippen molar-refractivity contribution >= 4 is 0 Å². The molecule has 0 aromatic heterocycles. The largest absolute Gasteiger partial charge is 0.396 e. The summed E-state index contributed by atoms with van der Waals surface area (Å²) in [6, 6.07) is 11.1. The molecular weight excluding hydrogens is 330 g/mol. The quantitative estimate of drug-likeness (QED) is 0.468. The van der Waals surface area contributed by atoms with Gasteiger partial charge in [0.15, 0.2) is 0 Å². The Morgan fingerprint density at radius 2 is 1.56 bits per heavy atom. The first-order valence-corrected chi connectivity index (χ1v) is 10.8. The van der Waals surface area contributed by atoms with E-state index in [0.717, 1.165) is 12.8 Å². The minimum absolute atomic E-state index is 0.244. The number of nitrogens with two attached hydrogens (primary N) is 1. The van der Waals surface area contributed by atoms with Crippen LogP contribution in [0.3, 0.4) is 0 Å². The first-order valence-electron chi connectivity index (χ1n) is 10.8. The second-order valence-corrected chi connectivity index (χ2v) is 6.24. The molecule has 2 heteroatoms. The maximum absolute atomic E-state index is 8.29. The van der Waals surface area contributed by atoms with Crippen molar-refractivity contribution in [3.8, 4) is 0 Å². The molecule has 1 unspecified atom stereocenters. The number of rotatable bonds is 8. The van der Waals surface area contributed by atoms with E-state index in [0.29, 0.717) is 12.0 Å². The fraction of sp³-hybridized carbons (Fsp3) is 0.600. The lowest BCUT2D eigenvalue weighted by Crippen LogP contribution is -2.15. The van der Waals surface area contributed by atoms with Crippen molar-refractivity contribution in [3.05, 3.63) is 60.2 Å². The van der Waals surface area contributed by atoms with Crippen LogP contribution < -0.4 is 5.73 Å². The van der Waals surface area contributed by atoms with Crippen molar-refractivity contribution in [2.45, 2.75) is 92.5 Å². The van der Waals surface area contributed by atoms with Crippen LogP contribution in [0.1, 0.15) is 92.1 Å². The lowest BCUT2D eigenvalue weighted by atomic mass is 9.91. The fourth-order valence-electron chi connectivity index (χ4n) is 2.16. The van der Waals surface area contributed by atoms with Gasteiger partial charge in [0.25, 0.3) is 0 Å². The maximum atomic E-state index is 8.29. The highest BCUT2D eigenvalue weighted by Gasteiger charge is 2.09. The molecule has 0 saturated carbocycles. The first-order chi connectivity index (χ1) is 13.1. The van der Waals surface area contributed by atoms with Gasteiger partial charge in [-0.05, 0) is 51.0 Å². The molecule has 0 spiro atoms. The Bertz CT molecular complexity index is 410. The first kappa shape index (κ1) is 30.4. The van der Waals surface area contributed by atoms with E-state index >= 15 is 0 Å². The van der Waals surface area contributed by atoms with Gasteiger partial charge in [0.1, 0.15) is 0 Å². The number of hydrogen-bond acceptors (Lipinski definition) is 2. The Morgan fingerprint density at radius 3 is 1.96 bits per heavy atom. The van der Waals surface area contributed by atoms with E-state index in [1.807, 2.05) is 45.1 Å². The van der Waals surface area contributed by atoms with E-state index in [9.17, 15) is 0 Å². The van der Waals surface area contributed by atoms with E-state index in [2.05, 4.69) is 58.0 Å². The zero-order valence-corrected chi connectivity index (χ0v) is 19.1. The third kappa shape index (κ3) is 24.6. The maximum Gasteiger partial charge on any atom is 0.0465 e. The highest BCUT2D eigenvalue weighted by molar-refractivity contribution is 5.19. The average molecular weight is 378 g/mol. The standard InChI is InChI=1S/C13H21N.C7H12O.C3H8.C2H6/c1-3-12(10-9-11(2)14)13-7-5-4-6-8-13;1-2-3-4-5-6-7-8;1-3-2;1-2/h4-8,11-12H,3,9-10,14H2,1-2H3;2-5,8H,6-7H2,1H3;3H2,1-2H3;1-2H3/b;3-2-,5-4-;;/t11-,12?;;;/m1.../s1. The Kier molecular flexibility index (Phi) is 30.2. The van der Waals surface area contributed by atoms with Crippen LogP contribution in [0.5, 0.6) is 0 Å². The van der Waals surface area contributed by atoms with Gasteiger partial charge in [-0.25, -0.2) is 0 Å². The van der Waals surface area contributed by atoms with Gasteiger partial charge in [-0.3, -0.25) is 0 Å². The summed E-state index contributed by atoms with van der Waals surface area (Å²) in [4.78, 5) is 0. The molecule has 0 aliphatic heterocycles. The monoisotopic (exact) mass is 377 g/mol. The average Bonchev–Trinajstić information content (AvgIpc) is 2.69. The molecule has 0 radical (unpaired) electrons. The number of hydrogen-bond donors (Lipinski definition) is 2. The summed E-state index contributed by atoms with van der Waals surface area (Å²) in [5.41, 5.74) is 7.23. The summed E-state index contributed by atoms with van der Waals surface area (Å²) < 4.78 is 0. The van der Waals surface area contributed by atoms with Crippen LogP contribution in [-0.2, 0) is 0 Å². The zero-order valence-electron chi connectivity index (χ0n) is 19.1. The number of allylic oxidation sites excluding steroid dienone is 3. The lowest BCUT2D eigenvalue weighted by molar-refractivity contribution is 0.302. The van der Waals surface area contributed by atoms with Crippen LogP contribution in [0, 0.1) is 0 Å². The molecule has 1 rings (SSSR count). The Hall–Kier alpha value is -1.38. The second kappa shape index (κ2) is 26.8. The SMILES string of the molecule is C/C=C\C=C/CCO.CC.CCC.CCC(CC[C@@H](C)N)c1ccccc1. The van der Waals surface area contributed by atoms with Gasteiger partial charge < -0.3 is 10.8 Å². The molecule has 3 N–H and O–H groups in total. The van der Waals surface area contributed by atoms with Crippen molar-refractivity contribution in [1.29, 1.82) is 0 Å². The van der Waals surface area contributed by atoms with Gasteiger partial charge in [-0.15, -0.1) is 0 Å². The third-order valence-electron chi connectivity index (χ3n) is 3.47. The van der Waals surface area contributed by atoms with E-state index in [1.54, 1.807) is 0 Å². The van der Waals surface area contributed by atoms with Crippen LogP contribution >= 0.6 is 0 Å². The molecule has 1 aromatic rings. The predicted octanol–water partition coefficient (Wildman–Crippen LogP) is 7.25. The van der Waals surface area contributed by atoms with Crippen LogP contribution in [0.15, 0.2) is 54.6 Å². The highest BCUT2D eigenvalue weighted by Crippen LogP contribution is 2.24. The zero-order chi connectivity index (χ0) is 21.3. The molecule has 0 fully saturated rings. The summed E-state index contributed by atoms with van der Waals surface area (Å²) in [6.07, 6.45) is 13.3. The van der Waals surface area contributed by atoms with Crippen LogP contribution in [0.2, 0.25) is 0 Å². The fourth-order valence-corrected chi connectivity index (χ4v) is 2.16. The van der Waals surface area contributed by atoms with E-state index in [-0.39, 0.29) is 6.61 Å². The highest BCUT2D eigenvalue weighted by atomic mass is 16.2. The van der Waals surface area contributed by atoms with Crippen molar-refractivity contribution in [2.24, 2.45) is 5.73 Å². The van der Waals surface area contributed by atoms with Crippen molar-refractivity contribution in [3.63, 3.8) is 0 Å². The Morgan fingerprint density at radius 1 is 1.00 bits per heavy atom. The molecular formula is C25H47NO. The predicted molar refractivity (Wildman–Crippen MR) is 125 cm³/mol. The molecule has 0 heterocycles. The normalized spacial score (nSPS) is 12.2. The molecule has 158 valence electrons. The summed E-state index contributed by atoms with van der Waals surface area (Å²) in [7, 11) is 0. The summed E-state index contributed by atoms with van der Waals surface area (Å²) >= 11 is 0. The number of aliphatic hydroxyl groups excluding tert-OH is 1. The smallest absolute Gasteiger partial charge is 0.0465 e. The Balaban J connectivity index is -0.000000376. The van der Waals surface area contributed by atoms with Crippen molar-refractivity contribution in [2.75, 3.05) is 6.61 Å². The van der Waals surface area contributed by atoms with E-state index < -0.39 is 0 Å². The second-order valence-electron chi connectivity index (χ2n) is 6.24. The van der Waals surface area contributed by atoms with Gasteiger partial charge in [-0.1, -0.05) is 95.7 Å². The Labute approximate surface area is 170 Å². The van der Waals surface area contributed by atoms with E-state index in [4.69, 9.17) is 10.8 Å².